The topological polar surface area (TPSA) is 60.2 Å². The minimum Gasteiger partial charge on any atom is -0.380 e. The van der Waals surface area contributed by atoms with Gasteiger partial charge in [-0.3, -0.25) is 0 Å². The average molecular weight is 251 g/mol. The summed E-state index contributed by atoms with van der Waals surface area (Å²) >= 11 is 0. The first-order valence-corrected chi connectivity index (χ1v) is 5.13. The zero-order chi connectivity index (χ0) is 12.5. The van der Waals surface area contributed by atoms with E-state index in [9.17, 15) is 13.2 Å². The third-order valence-corrected chi connectivity index (χ3v) is 2.56. The predicted octanol–water partition coefficient (Wildman–Crippen LogP) is 1.22. The molecule has 0 aliphatic carbocycles. The summed E-state index contributed by atoms with van der Waals surface area (Å²) in [5.74, 6) is -0.154. The van der Waals surface area contributed by atoms with Crippen molar-refractivity contribution in [3.63, 3.8) is 0 Å². The summed E-state index contributed by atoms with van der Waals surface area (Å²) in [6.07, 6.45) is -4.85. The van der Waals surface area contributed by atoms with Crippen molar-refractivity contribution >= 4 is 0 Å². The SMILES string of the molecule is COC1CNC(c2nc(CC(F)(F)F)no2)C1. The van der Waals surface area contributed by atoms with E-state index in [1.54, 1.807) is 7.11 Å². The van der Waals surface area contributed by atoms with E-state index >= 15 is 0 Å². The maximum absolute atomic E-state index is 12.1. The summed E-state index contributed by atoms with van der Waals surface area (Å²) in [6.45, 7) is 0.623. The van der Waals surface area contributed by atoms with E-state index in [2.05, 4.69) is 15.5 Å². The molecule has 0 aromatic carbocycles. The number of hydrogen-bond donors (Lipinski definition) is 1. The number of nitrogens with one attached hydrogen (secondary N) is 1. The quantitative estimate of drug-likeness (QED) is 0.875. The second-order valence-corrected chi connectivity index (χ2v) is 3.90. The smallest absolute Gasteiger partial charge is 0.380 e. The molecule has 2 unspecified atom stereocenters. The molecule has 1 aliphatic heterocycles. The number of alkyl halides is 3. The van der Waals surface area contributed by atoms with Gasteiger partial charge in [0.25, 0.3) is 0 Å². The Morgan fingerprint density at radius 1 is 1.53 bits per heavy atom. The lowest BCUT2D eigenvalue weighted by Gasteiger charge is -2.04. The van der Waals surface area contributed by atoms with Gasteiger partial charge >= 0.3 is 6.18 Å². The van der Waals surface area contributed by atoms with Crippen LogP contribution in [0.2, 0.25) is 0 Å². The van der Waals surface area contributed by atoms with E-state index in [0.29, 0.717) is 13.0 Å². The van der Waals surface area contributed by atoms with Gasteiger partial charge in [0.05, 0.1) is 12.1 Å². The van der Waals surface area contributed by atoms with Crippen LogP contribution in [0.3, 0.4) is 0 Å². The Bertz CT molecular complexity index is 380. The van der Waals surface area contributed by atoms with Gasteiger partial charge in [-0.1, -0.05) is 5.16 Å². The lowest BCUT2D eigenvalue weighted by molar-refractivity contribution is -0.128. The molecule has 1 aromatic rings. The monoisotopic (exact) mass is 251 g/mol. The van der Waals surface area contributed by atoms with Crippen LogP contribution >= 0.6 is 0 Å². The summed E-state index contributed by atoms with van der Waals surface area (Å²) in [7, 11) is 1.58. The van der Waals surface area contributed by atoms with Gasteiger partial charge in [0.15, 0.2) is 5.82 Å². The highest BCUT2D eigenvalue weighted by molar-refractivity contribution is 4.98. The molecule has 2 atom stereocenters. The van der Waals surface area contributed by atoms with Gasteiger partial charge in [-0.05, 0) is 6.42 Å². The van der Waals surface area contributed by atoms with Gasteiger partial charge in [0.2, 0.25) is 5.89 Å². The molecule has 0 amide bonds. The van der Waals surface area contributed by atoms with Gasteiger partial charge < -0.3 is 14.6 Å². The molecule has 0 spiro atoms. The van der Waals surface area contributed by atoms with E-state index in [1.165, 1.54) is 0 Å². The van der Waals surface area contributed by atoms with Crippen molar-refractivity contribution in [1.82, 2.24) is 15.5 Å². The molecule has 5 nitrogen and oxygen atoms in total. The van der Waals surface area contributed by atoms with Gasteiger partial charge in [-0.25, -0.2) is 0 Å². The zero-order valence-corrected chi connectivity index (χ0v) is 9.12. The van der Waals surface area contributed by atoms with E-state index in [0.717, 1.165) is 0 Å². The largest absolute Gasteiger partial charge is 0.396 e. The highest BCUT2D eigenvalue weighted by Gasteiger charge is 2.33. The molecule has 96 valence electrons. The first-order valence-electron chi connectivity index (χ1n) is 5.13. The number of halogens is 3. The molecule has 0 bridgehead atoms. The summed E-state index contributed by atoms with van der Waals surface area (Å²) in [6, 6.07) is -0.227. The fourth-order valence-corrected chi connectivity index (χ4v) is 1.73. The van der Waals surface area contributed by atoms with E-state index in [-0.39, 0.29) is 23.9 Å². The first-order chi connectivity index (χ1) is 7.98. The van der Waals surface area contributed by atoms with Crippen molar-refractivity contribution in [3.05, 3.63) is 11.7 Å². The molecule has 1 N–H and O–H groups in total. The van der Waals surface area contributed by atoms with Crippen molar-refractivity contribution in [1.29, 1.82) is 0 Å². The molecule has 8 heteroatoms. The first kappa shape index (κ1) is 12.3. The molecule has 1 aromatic heterocycles. The molecule has 2 heterocycles. The Kier molecular flexibility index (Phi) is 3.34. The fourth-order valence-electron chi connectivity index (χ4n) is 1.73. The van der Waals surface area contributed by atoms with Crippen molar-refractivity contribution in [3.8, 4) is 0 Å². The van der Waals surface area contributed by atoms with Crippen LogP contribution in [-0.4, -0.2) is 36.1 Å². The molecule has 1 fully saturated rings. The molecule has 0 saturated carbocycles. The van der Waals surface area contributed by atoms with Crippen LogP contribution in [0.4, 0.5) is 13.2 Å². The van der Waals surface area contributed by atoms with Gasteiger partial charge in [-0.15, -0.1) is 0 Å². The molecule has 0 radical (unpaired) electrons. The Morgan fingerprint density at radius 3 is 2.88 bits per heavy atom. The summed E-state index contributed by atoms with van der Waals surface area (Å²) < 4.78 is 46.2. The normalized spacial score (nSPS) is 25.4. The van der Waals surface area contributed by atoms with E-state index in [4.69, 9.17) is 9.26 Å². The molecule has 2 rings (SSSR count). The Hall–Kier alpha value is -1.15. The van der Waals surface area contributed by atoms with Crippen LogP contribution in [0.5, 0.6) is 0 Å². The lowest BCUT2D eigenvalue weighted by Crippen LogP contribution is -2.16. The van der Waals surface area contributed by atoms with E-state index < -0.39 is 12.6 Å². The molecule has 1 aliphatic rings. The summed E-state index contributed by atoms with van der Waals surface area (Å²) in [5.41, 5.74) is 0. The van der Waals surface area contributed by atoms with Crippen LogP contribution < -0.4 is 5.32 Å². The minimum atomic E-state index is -4.32. The second-order valence-electron chi connectivity index (χ2n) is 3.90. The Labute approximate surface area is 95.3 Å². The number of nitrogens with zero attached hydrogens (tertiary/aromatic N) is 2. The highest BCUT2D eigenvalue weighted by Crippen LogP contribution is 2.25. The number of ether oxygens (including phenoxy) is 1. The maximum atomic E-state index is 12.1. The fraction of sp³-hybridized carbons (Fsp3) is 0.778. The van der Waals surface area contributed by atoms with Crippen molar-refractivity contribution < 1.29 is 22.4 Å². The number of rotatable bonds is 3. The van der Waals surface area contributed by atoms with Crippen LogP contribution in [0.25, 0.3) is 0 Å². The van der Waals surface area contributed by atoms with E-state index in [1.807, 2.05) is 0 Å². The van der Waals surface area contributed by atoms with Crippen LogP contribution in [0.15, 0.2) is 4.52 Å². The van der Waals surface area contributed by atoms with Crippen LogP contribution in [-0.2, 0) is 11.2 Å². The Balaban J connectivity index is 1.99. The van der Waals surface area contributed by atoms with Crippen molar-refractivity contribution in [2.45, 2.75) is 31.2 Å². The molecular formula is C9H12F3N3O2. The number of hydrogen-bond acceptors (Lipinski definition) is 5. The zero-order valence-electron chi connectivity index (χ0n) is 9.12. The second kappa shape index (κ2) is 4.61. The van der Waals surface area contributed by atoms with Crippen molar-refractivity contribution in [2.75, 3.05) is 13.7 Å². The van der Waals surface area contributed by atoms with Crippen molar-refractivity contribution in [2.24, 2.45) is 0 Å². The summed E-state index contributed by atoms with van der Waals surface area (Å²) in [4.78, 5) is 3.73. The van der Waals surface area contributed by atoms with Gasteiger partial charge in [0.1, 0.15) is 6.42 Å². The van der Waals surface area contributed by atoms with Gasteiger partial charge in [0, 0.05) is 13.7 Å². The number of aromatic nitrogens is 2. The third-order valence-electron chi connectivity index (χ3n) is 2.56. The maximum Gasteiger partial charge on any atom is 0.396 e. The predicted molar refractivity (Wildman–Crippen MR) is 50.2 cm³/mol. The minimum absolute atomic E-state index is 0.0259. The standard InChI is InChI=1S/C9H12F3N3O2/c1-16-5-2-6(13-4-5)8-14-7(15-17-8)3-9(10,11)12/h5-6,13H,2-4H2,1H3. The molecule has 1 saturated heterocycles. The highest BCUT2D eigenvalue weighted by atomic mass is 19.4. The summed E-state index contributed by atoms with van der Waals surface area (Å²) in [5, 5.41) is 6.36. The average Bonchev–Trinajstić information content (AvgIpc) is 2.82. The van der Waals surface area contributed by atoms with Crippen LogP contribution in [0, 0.1) is 0 Å². The molecular weight excluding hydrogens is 239 g/mol. The van der Waals surface area contributed by atoms with Gasteiger partial charge in [-0.2, -0.15) is 18.2 Å². The van der Waals surface area contributed by atoms with Crippen LogP contribution in [0.1, 0.15) is 24.2 Å². The molecule has 17 heavy (non-hydrogen) atoms. The third kappa shape index (κ3) is 3.16. The number of methoxy groups -OCH3 is 1. The Morgan fingerprint density at radius 2 is 2.29 bits per heavy atom. The lowest BCUT2D eigenvalue weighted by atomic mass is 10.2.